The first-order valence-electron chi connectivity index (χ1n) is 9.53. The molecule has 0 saturated carbocycles. The van der Waals surface area contributed by atoms with Gasteiger partial charge in [0.1, 0.15) is 17.6 Å². The predicted octanol–water partition coefficient (Wildman–Crippen LogP) is 4.82. The van der Waals surface area contributed by atoms with Crippen LogP contribution in [0.5, 0.6) is 5.75 Å². The number of ketones is 1. The van der Waals surface area contributed by atoms with Crippen molar-refractivity contribution in [1.29, 1.82) is 0 Å². The van der Waals surface area contributed by atoms with Gasteiger partial charge in [0.15, 0.2) is 16.7 Å². The lowest BCUT2D eigenvalue weighted by molar-refractivity contribution is -0.117. The van der Waals surface area contributed by atoms with Gasteiger partial charge in [-0.1, -0.05) is 29.5 Å². The molecule has 160 valence electrons. The van der Waals surface area contributed by atoms with Gasteiger partial charge in [-0.3, -0.25) is 14.5 Å². The van der Waals surface area contributed by atoms with Crippen molar-refractivity contribution in [2.75, 3.05) is 12.0 Å². The Labute approximate surface area is 185 Å². The fourth-order valence-corrected chi connectivity index (χ4v) is 4.77. The number of nitrogens with zero attached hydrogens (tertiary/aromatic N) is 2. The van der Waals surface area contributed by atoms with Crippen LogP contribution in [0.4, 0.5) is 9.52 Å². The van der Waals surface area contributed by atoms with Gasteiger partial charge < -0.3 is 14.3 Å². The number of hydrogen-bond donors (Lipinski definition) is 1. The zero-order valence-electron chi connectivity index (χ0n) is 16.6. The minimum absolute atomic E-state index is 0.0209. The molecule has 9 heteroatoms. The molecule has 5 rings (SSSR count). The van der Waals surface area contributed by atoms with Crippen molar-refractivity contribution in [3.05, 3.63) is 89.3 Å². The number of aliphatic hydroxyl groups is 1. The first-order valence-corrected chi connectivity index (χ1v) is 10.3. The van der Waals surface area contributed by atoms with Crippen LogP contribution < -0.4 is 9.64 Å². The molecule has 0 spiro atoms. The van der Waals surface area contributed by atoms with E-state index in [2.05, 4.69) is 4.98 Å². The van der Waals surface area contributed by atoms with Gasteiger partial charge in [0.25, 0.3) is 5.91 Å². The molecule has 1 amide bonds. The van der Waals surface area contributed by atoms with Crippen LogP contribution in [0.1, 0.15) is 22.2 Å². The van der Waals surface area contributed by atoms with Crippen LogP contribution in [0.2, 0.25) is 0 Å². The molecule has 0 fully saturated rings. The fraction of sp³-hybridized carbons (Fsp3) is 0.0870. The molecule has 1 N–H and O–H groups in total. The van der Waals surface area contributed by atoms with Gasteiger partial charge in [-0.05, 0) is 36.4 Å². The molecule has 0 bridgehead atoms. The monoisotopic (exact) mass is 450 g/mol. The number of fused-ring (bicyclic) bond motifs is 1. The number of methoxy groups -OCH3 is 1. The Bertz CT molecular complexity index is 1390. The summed E-state index contributed by atoms with van der Waals surface area (Å²) in [5.41, 5.74) is 0.816. The number of aromatic nitrogens is 1. The topological polar surface area (TPSA) is 92.9 Å². The molecule has 4 aromatic rings. The minimum Gasteiger partial charge on any atom is -0.503 e. The first-order chi connectivity index (χ1) is 15.5. The summed E-state index contributed by atoms with van der Waals surface area (Å²) in [5.74, 6) is -2.17. The van der Waals surface area contributed by atoms with E-state index in [1.165, 1.54) is 42.5 Å². The van der Waals surface area contributed by atoms with Gasteiger partial charge in [-0.25, -0.2) is 9.37 Å². The highest BCUT2D eigenvalue weighted by Crippen LogP contribution is 2.46. The van der Waals surface area contributed by atoms with E-state index in [0.717, 1.165) is 11.3 Å². The molecule has 0 aliphatic carbocycles. The third-order valence-electron chi connectivity index (χ3n) is 5.18. The van der Waals surface area contributed by atoms with E-state index in [1.807, 2.05) is 0 Å². The van der Waals surface area contributed by atoms with Crippen LogP contribution in [0.15, 0.2) is 76.6 Å². The number of rotatable bonds is 5. The van der Waals surface area contributed by atoms with Crippen molar-refractivity contribution in [1.82, 2.24) is 4.98 Å². The van der Waals surface area contributed by atoms with Crippen molar-refractivity contribution in [2.24, 2.45) is 0 Å². The molecule has 1 atom stereocenters. The lowest BCUT2D eigenvalue weighted by atomic mass is 9.94. The van der Waals surface area contributed by atoms with Gasteiger partial charge in [0.05, 0.1) is 29.2 Å². The summed E-state index contributed by atoms with van der Waals surface area (Å²) in [6.07, 6.45) is 1.33. The molecule has 0 unspecified atom stereocenters. The smallest absolute Gasteiger partial charge is 0.296 e. The summed E-state index contributed by atoms with van der Waals surface area (Å²) in [6, 6.07) is 12.9. The highest BCUT2D eigenvalue weighted by atomic mass is 32.1. The molecule has 0 saturated heterocycles. The summed E-state index contributed by atoms with van der Waals surface area (Å²) in [7, 11) is 1.47. The van der Waals surface area contributed by atoms with E-state index in [1.54, 1.807) is 30.3 Å². The van der Waals surface area contributed by atoms with Crippen molar-refractivity contribution in [3.8, 4) is 5.75 Å². The van der Waals surface area contributed by atoms with Crippen LogP contribution in [-0.2, 0) is 4.79 Å². The number of thiazole rings is 1. The Kier molecular flexibility index (Phi) is 4.75. The summed E-state index contributed by atoms with van der Waals surface area (Å²) >= 11 is 1.08. The maximum Gasteiger partial charge on any atom is 0.296 e. The molecule has 3 heterocycles. The largest absolute Gasteiger partial charge is 0.503 e. The second kappa shape index (κ2) is 7.61. The van der Waals surface area contributed by atoms with Gasteiger partial charge in [-0.15, -0.1) is 0 Å². The molecule has 1 aliphatic rings. The van der Waals surface area contributed by atoms with E-state index >= 15 is 0 Å². The van der Waals surface area contributed by atoms with Gasteiger partial charge in [-0.2, -0.15) is 0 Å². The van der Waals surface area contributed by atoms with Gasteiger partial charge in [0.2, 0.25) is 5.78 Å². The van der Waals surface area contributed by atoms with Crippen LogP contribution in [0.3, 0.4) is 0 Å². The molecule has 0 radical (unpaired) electrons. The van der Waals surface area contributed by atoms with E-state index in [4.69, 9.17) is 9.15 Å². The molecule has 2 aromatic heterocycles. The number of aliphatic hydroxyl groups excluding tert-OH is 1. The maximum atomic E-state index is 13.7. The number of carbonyl (C=O) groups is 2. The van der Waals surface area contributed by atoms with Crippen molar-refractivity contribution >= 4 is 38.4 Å². The van der Waals surface area contributed by atoms with Crippen molar-refractivity contribution in [2.45, 2.75) is 6.04 Å². The third kappa shape index (κ3) is 3.05. The zero-order valence-corrected chi connectivity index (χ0v) is 17.4. The Morgan fingerprint density at radius 1 is 1.22 bits per heavy atom. The quantitative estimate of drug-likeness (QED) is 0.438. The Balaban J connectivity index is 1.72. The highest BCUT2D eigenvalue weighted by Gasteiger charge is 2.47. The number of halogens is 1. The number of amides is 1. The Hall–Kier alpha value is -3.98. The van der Waals surface area contributed by atoms with E-state index in [0.29, 0.717) is 21.5 Å². The fourth-order valence-electron chi connectivity index (χ4n) is 3.75. The lowest BCUT2D eigenvalue weighted by Gasteiger charge is -2.25. The van der Waals surface area contributed by atoms with Crippen LogP contribution in [0, 0.1) is 5.82 Å². The van der Waals surface area contributed by atoms with Crippen molar-refractivity contribution < 1.29 is 28.2 Å². The standard InChI is InChI=1S/C23H15FN2O5S/c1-30-15-6-3-2-5-13(15)19-18(20(27)16-7-4-10-31-16)21(28)22(29)26(19)23-25-14-9-8-12(24)11-17(14)32-23/h2-11,19,28H,1H3/t19-/m1/s1. The average molecular weight is 450 g/mol. The lowest BCUT2D eigenvalue weighted by Crippen LogP contribution is -2.31. The van der Waals surface area contributed by atoms with E-state index in [9.17, 15) is 19.1 Å². The SMILES string of the molecule is COc1ccccc1[C@@H]1C(C(=O)c2ccco2)=C(O)C(=O)N1c1nc2ccc(F)cc2s1. The van der Waals surface area contributed by atoms with E-state index in [-0.39, 0.29) is 16.5 Å². The molecular weight excluding hydrogens is 435 g/mol. The summed E-state index contributed by atoms with van der Waals surface area (Å²) in [5, 5.41) is 11.0. The zero-order chi connectivity index (χ0) is 22.4. The molecule has 1 aliphatic heterocycles. The van der Waals surface area contributed by atoms with Crippen molar-refractivity contribution in [3.63, 3.8) is 0 Å². The van der Waals surface area contributed by atoms with Gasteiger partial charge >= 0.3 is 0 Å². The normalized spacial score (nSPS) is 16.2. The molecule has 7 nitrogen and oxygen atoms in total. The first kappa shape index (κ1) is 20.0. The number of anilines is 1. The predicted molar refractivity (Wildman–Crippen MR) is 115 cm³/mol. The second-order valence-electron chi connectivity index (χ2n) is 7.00. The number of Topliss-reactive ketones (excluding diaryl/α,β-unsaturated/α-hetero) is 1. The van der Waals surface area contributed by atoms with Crippen LogP contribution in [0.25, 0.3) is 10.2 Å². The van der Waals surface area contributed by atoms with Crippen LogP contribution >= 0.6 is 11.3 Å². The Morgan fingerprint density at radius 2 is 2.03 bits per heavy atom. The number of para-hydroxylation sites is 1. The summed E-state index contributed by atoms with van der Waals surface area (Å²) in [4.78, 5) is 32.1. The Morgan fingerprint density at radius 3 is 2.78 bits per heavy atom. The molecule has 32 heavy (non-hydrogen) atoms. The summed E-state index contributed by atoms with van der Waals surface area (Å²) < 4.78 is 24.9. The summed E-state index contributed by atoms with van der Waals surface area (Å²) in [6.45, 7) is 0. The number of hydrogen-bond acceptors (Lipinski definition) is 7. The maximum absolute atomic E-state index is 13.7. The number of carbonyl (C=O) groups excluding carboxylic acids is 2. The average Bonchev–Trinajstić information content (AvgIpc) is 3.52. The molecule has 2 aromatic carbocycles. The second-order valence-corrected chi connectivity index (χ2v) is 8.01. The third-order valence-corrected chi connectivity index (χ3v) is 6.19. The number of ether oxygens (including phenoxy) is 1. The van der Waals surface area contributed by atoms with Gasteiger partial charge in [0, 0.05) is 5.56 Å². The number of benzene rings is 2. The van der Waals surface area contributed by atoms with E-state index < -0.39 is 29.3 Å². The van der Waals surface area contributed by atoms with Crippen LogP contribution in [-0.4, -0.2) is 28.9 Å². The minimum atomic E-state index is -1.03. The number of furan rings is 1. The molecular formula is C23H15FN2O5S. The highest BCUT2D eigenvalue weighted by molar-refractivity contribution is 7.22.